The van der Waals surface area contributed by atoms with Gasteiger partial charge >= 0.3 is 17.9 Å². The van der Waals surface area contributed by atoms with Crippen LogP contribution in [0.4, 0.5) is 27.3 Å². The molecule has 424 valence electrons. The molecule has 3 aromatic carbocycles. The van der Waals surface area contributed by atoms with Gasteiger partial charge in [-0.05, 0) is 104 Å². The number of carbonyl (C=O) groups excluding carboxylic acids is 6. The first-order chi connectivity index (χ1) is 38.8. The van der Waals surface area contributed by atoms with Gasteiger partial charge < -0.3 is 56.5 Å². The number of aliphatic imine (C=N–C) groups is 3. The molecule has 5 heterocycles. The highest BCUT2D eigenvalue weighted by Crippen LogP contribution is 2.35. The largest absolute Gasteiger partial charge is 0.497 e. The number of nitrogens with zero attached hydrogens (tertiary/aromatic N) is 5. The normalized spacial score (nSPS) is 16.3. The van der Waals surface area contributed by atoms with Crippen LogP contribution in [-0.4, -0.2) is 133 Å². The van der Waals surface area contributed by atoms with Crippen LogP contribution in [-0.2, 0) is 24.0 Å². The van der Waals surface area contributed by atoms with Gasteiger partial charge in [-0.1, -0.05) is 46.2 Å². The molecule has 81 heavy (non-hydrogen) atoms. The Balaban J connectivity index is 0.000000177. The monoisotopic (exact) mass is 1220 g/mol. The molecule has 4 fully saturated rings. The van der Waals surface area contributed by atoms with E-state index in [4.69, 9.17) is 30.2 Å². The van der Waals surface area contributed by atoms with Gasteiger partial charge in [-0.3, -0.25) is 28.8 Å². The minimum Gasteiger partial charge on any atom is -0.497 e. The third-order valence-electron chi connectivity index (χ3n) is 10.5. The van der Waals surface area contributed by atoms with Crippen molar-refractivity contribution in [1.82, 2.24) is 20.6 Å². The van der Waals surface area contributed by atoms with E-state index in [2.05, 4.69) is 46.2 Å². The molecule has 2 saturated heterocycles. The van der Waals surface area contributed by atoms with Crippen LogP contribution in [0.5, 0.6) is 17.2 Å². The van der Waals surface area contributed by atoms with Crippen LogP contribution < -0.4 is 41.2 Å². The number of benzene rings is 3. The number of carbonyl (C=O) groups is 9. The smallest absolute Gasteiger partial charge is 0.338 e. The molecule has 10 rings (SSSR count). The number of anilines is 3. The number of amidine groups is 2. The fraction of sp³-hybridized carbons (Fsp3) is 0.240. The Morgan fingerprint density at radius 3 is 1.60 bits per heavy atom. The number of thiazole rings is 2. The van der Waals surface area contributed by atoms with Crippen LogP contribution in [0.3, 0.4) is 0 Å². The molecule has 2 aliphatic carbocycles. The molecule has 5 aliphatic rings. The van der Waals surface area contributed by atoms with Crippen LogP contribution in [0.25, 0.3) is 6.08 Å². The summed E-state index contributed by atoms with van der Waals surface area (Å²) in [6.07, 6.45) is 11.1. The minimum absolute atomic E-state index is 0.000602. The molecule has 2 saturated carbocycles. The fourth-order valence-electron chi connectivity index (χ4n) is 6.19. The predicted octanol–water partition coefficient (Wildman–Crippen LogP) is 7.59. The van der Waals surface area contributed by atoms with E-state index in [-0.39, 0.29) is 80.3 Å². The van der Waals surface area contributed by atoms with Crippen molar-refractivity contribution in [3.63, 3.8) is 0 Å². The molecule has 0 spiro atoms. The highest BCUT2D eigenvalue weighted by molar-refractivity contribution is 8.39. The van der Waals surface area contributed by atoms with Gasteiger partial charge in [-0.15, -0.1) is 11.8 Å². The fourth-order valence-corrected chi connectivity index (χ4v) is 10.5. The molecular formula is C50H48N10O15S6. The Bertz CT molecular complexity index is 3370. The molecule has 0 bridgehead atoms. The lowest BCUT2D eigenvalue weighted by Crippen LogP contribution is -2.19. The number of aldehydes is 1. The van der Waals surface area contributed by atoms with Gasteiger partial charge in [0.15, 0.2) is 26.9 Å². The number of carboxylic acids is 3. The number of hydrogen-bond acceptors (Lipinski definition) is 23. The second-order valence-corrected chi connectivity index (χ2v) is 22.6. The van der Waals surface area contributed by atoms with Crippen molar-refractivity contribution in [2.75, 3.05) is 55.5 Å². The number of nitrogens with two attached hydrogens (primary N) is 1. The van der Waals surface area contributed by atoms with Crippen LogP contribution >= 0.6 is 69.7 Å². The van der Waals surface area contributed by atoms with Crippen molar-refractivity contribution in [1.29, 1.82) is 0 Å². The highest BCUT2D eigenvalue weighted by atomic mass is 32.2. The number of aromatic carboxylic acids is 3. The second kappa shape index (κ2) is 29.9. The summed E-state index contributed by atoms with van der Waals surface area (Å²) < 4.78 is 15.7. The molecule has 3 aliphatic heterocycles. The maximum Gasteiger partial charge on any atom is 0.338 e. The quantitative estimate of drug-likeness (QED) is 0.0301. The van der Waals surface area contributed by atoms with E-state index < -0.39 is 17.9 Å². The van der Waals surface area contributed by atoms with Crippen molar-refractivity contribution in [2.45, 2.75) is 25.7 Å². The lowest BCUT2D eigenvalue weighted by Gasteiger charge is -2.05. The minimum atomic E-state index is -1.15. The Morgan fingerprint density at radius 2 is 1.19 bits per heavy atom. The summed E-state index contributed by atoms with van der Waals surface area (Å²) in [5.41, 5.74) is 6.20. The van der Waals surface area contributed by atoms with Crippen LogP contribution in [0.1, 0.15) is 71.3 Å². The molecule has 5 amide bonds. The topological polar surface area (TPSA) is 379 Å². The van der Waals surface area contributed by atoms with Gasteiger partial charge in [0.1, 0.15) is 21.6 Å². The van der Waals surface area contributed by atoms with E-state index in [9.17, 15) is 48.3 Å². The number of hydrogen-bond donors (Lipinski definition) is 8. The van der Waals surface area contributed by atoms with E-state index in [0.717, 1.165) is 48.1 Å². The summed E-state index contributed by atoms with van der Waals surface area (Å²) in [5, 5.41) is 39.4. The number of aromatic nitrogens is 2. The van der Waals surface area contributed by atoms with Gasteiger partial charge in [-0.25, -0.2) is 34.3 Å². The molecule has 2 aromatic heterocycles. The first kappa shape index (κ1) is 62.1. The number of nitrogen functional groups attached to an aromatic ring is 1. The van der Waals surface area contributed by atoms with Crippen molar-refractivity contribution in [3.05, 3.63) is 98.3 Å². The number of thioether (sulfide) groups is 4. The first-order valence-corrected chi connectivity index (χ1v) is 29.0. The Kier molecular flexibility index (Phi) is 22.9. The number of carboxylic acid groups (broad SMARTS) is 3. The number of rotatable bonds is 14. The number of nitrogens with one attached hydrogen (secondary N) is 4. The van der Waals surface area contributed by atoms with E-state index in [0.29, 0.717) is 58.8 Å². The van der Waals surface area contributed by atoms with Gasteiger partial charge in [0.05, 0.1) is 81.8 Å². The second-order valence-electron chi connectivity index (χ2n) is 16.4. The standard InChI is InChI=1S/C19H16N4O5S2.C11H10N2O4S.C8H8N2O2S.C8H9NO3.C4H5NOS2/c1-28-10-4-5-13(12(6-10)17(26)27)21-19-23-16(25)14(30-19)7-11-8-20-18(29-11)22-15(24)9-2-3-9;1-17-6-2-3-8(7(4-6)10(15)16)12-11-13-9(14)5-18-11;11-4-6-3-9-8(13-6)10-7(12)5-1-2-5;1-12-5-2-3-7(9)6(4-5)8(10)11;1-7-4-5-3(6)2-8-4/h4-9H,2-3H2,1H3,(H,26,27)(H,20,22,24)(H,21,23,25);2-4H,5H2,1H3,(H,15,16)(H,12,13,14);3-5H,1-2H2,(H,9,10,12);2-4H,9H2,1H3,(H,10,11);2H2,1H3/b14-7-;;;;. The number of ether oxygens (including phenoxy) is 3. The molecular weight excluding hydrogens is 1170 g/mol. The third kappa shape index (κ3) is 19.3. The molecule has 0 unspecified atom stereocenters. The van der Waals surface area contributed by atoms with Gasteiger partial charge in [-0.2, -0.15) is 4.99 Å². The van der Waals surface area contributed by atoms with Gasteiger partial charge in [0, 0.05) is 23.7 Å². The Hall–Kier alpha value is -8.10. The summed E-state index contributed by atoms with van der Waals surface area (Å²) in [5.74, 6) is -1.36. The number of amides is 5. The van der Waals surface area contributed by atoms with Crippen molar-refractivity contribution < 1.29 is 72.7 Å². The average Bonchev–Trinajstić information content (AvgIpc) is 4.25. The Morgan fingerprint density at radius 1 is 0.691 bits per heavy atom. The molecule has 31 heteroatoms. The van der Waals surface area contributed by atoms with E-state index in [1.807, 2.05) is 6.26 Å². The maximum atomic E-state index is 12.3. The SMILES string of the molecule is COc1ccc(N)c(C(=O)O)c1.COc1ccc(N=C2NC(=O)/C(=C/c3cnc(NC(=O)C4CC4)s3)S2)c(C(=O)O)c1.COc1ccc(N=C2NC(=O)CS2)c(C(=O)O)c1.CSC1=NC(=O)CS1.O=Cc1cnc(NC(=O)C2CC2)s1. The predicted molar refractivity (Wildman–Crippen MR) is 314 cm³/mol. The summed E-state index contributed by atoms with van der Waals surface area (Å²) >= 11 is 7.84. The highest BCUT2D eigenvalue weighted by Gasteiger charge is 2.31. The molecule has 0 radical (unpaired) electrons. The lowest BCUT2D eigenvalue weighted by atomic mass is 10.1. The zero-order valence-corrected chi connectivity index (χ0v) is 47.8. The van der Waals surface area contributed by atoms with Crippen LogP contribution in [0, 0.1) is 11.8 Å². The zero-order chi connectivity index (χ0) is 58.8. The van der Waals surface area contributed by atoms with E-state index in [1.165, 1.54) is 116 Å². The molecule has 5 aromatic rings. The van der Waals surface area contributed by atoms with Crippen molar-refractivity contribution in [2.24, 2.45) is 26.8 Å². The molecule has 0 atom stereocenters. The summed E-state index contributed by atoms with van der Waals surface area (Å²) in [6, 6.07) is 13.5. The average molecular weight is 1220 g/mol. The number of methoxy groups -OCH3 is 3. The third-order valence-corrected chi connectivity index (χ3v) is 16.0. The lowest BCUT2D eigenvalue weighted by molar-refractivity contribution is -0.118. The summed E-state index contributed by atoms with van der Waals surface area (Å²) in [4.78, 5) is 122. The van der Waals surface area contributed by atoms with Crippen molar-refractivity contribution >= 4 is 172 Å². The molecule has 9 N–H and O–H groups in total. The van der Waals surface area contributed by atoms with Crippen LogP contribution in [0.15, 0.2) is 86.9 Å². The van der Waals surface area contributed by atoms with Gasteiger partial charge in [0.2, 0.25) is 17.7 Å². The summed E-state index contributed by atoms with van der Waals surface area (Å²) in [6.45, 7) is 0. The summed E-state index contributed by atoms with van der Waals surface area (Å²) in [7, 11) is 4.37. The van der Waals surface area contributed by atoms with Gasteiger partial charge in [0.25, 0.3) is 11.8 Å². The van der Waals surface area contributed by atoms with Crippen molar-refractivity contribution in [3.8, 4) is 17.2 Å². The molecule has 25 nitrogen and oxygen atoms in total. The van der Waals surface area contributed by atoms with Crippen LogP contribution in [0.2, 0.25) is 0 Å². The zero-order valence-electron chi connectivity index (χ0n) is 42.9. The van der Waals surface area contributed by atoms with E-state index >= 15 is 0 Å². The first-order valence-electron chi connectivity index (χ1n) is 23.4. The maximum absolute atomic E-state index is 12.3. The van der Waals surface area contributed by atoms with E-state index in [1.54, 1.807) is 36.5 Å². The Labute approximate surface area is 485 Å².